The number of carbonyl (C=O) groups excluding carboxylic acids is 1. The maximum absolute atomic E-state index is 11.2. The molecule has 2 unspecified atom stereocenters. The van der Waals surface area contributed by atoms with Crippen LogP contribution in [0.4, 0.5) is 0 Å². The van der Waals surface area contributed by atoms with Crippen molar-refractivity contribution in [2.75, 3.05) is 19.6 Å². The van der Waals surface area contributed by atoms with E-state index in [0.29, 0.717) is 12.1 Å². The molecule has 3 aliphatic heterocycles. The van der Waals surface area contributed by atoms with Gasteiger partial charge in [-0.25, -0.2) is 0 Å². The van der Waals surface area contributed by atoms with E-state index in [0.717, 1.165) is 13.1 Å². The number of fused-ring (bicyclic) bond motifs is 2. The van der Waals surface area contributed by atoms with Crippen molar-refractivity contribution in [3.8, 4) is 0 Å². The molecular formula is C7H13N3O. The molecule has 2 bridgehead atoms. The molecule has 3 heterocycles. The summed E-state index contributed by atoms with van der Waals surface area (Å²) in [5.41, 5.74) is 5.27. The quantitative estimate of drug-likeness (QED) is 0.485. The van der Waals surface area contributed by atoms with Crippen LogP contribution in [0.15, 0.2) is 0 Å². The fourth-order valence-electron chi connectivity index (χ4n) is 1.99. The molecule has 0 aromatic heterocycles. The molecule has 3 saturated heterocycles. The zero-order chi connectivity index (χ0) is 7.84. The lowest BCUT2D eigenvalue weighted by atomic mass is 9.89. The Labute approximate surface area is 65.7 Å². The average molecular weight is 155 g/mol. The van der Waals surface area contributed by atoms with Gasteiger partial charge in [0, 0.05) is 25.2 Å². The Morgan fingerprint density at radius 2 is 2.18 bits per heavy atom. The minimum absolute atomic E-state index is 0.104. The van der Waals surface area contributed by atoms with E-state index in [2.05, 4.69) is 5.32 Å². The Hall–Kier alpha value is -0.610. The van der Waals surface area contributed by atoms with E-state index in [1.807, 2.05) is 4.90 Å². The summed E-state index contributed by atoms with van der Waals surface area (Å²) in [6.07, 6.45) is 1.17. The predicted octanol–water partition coefficient (Wildman–Crippen LogP) is -1.48. The number of nitrogens with zero attached hydrogens (tertiary/aromatic N) is 1. The van der Waals surface area contributed by atoms with Gasteiger partial charge in [0.1, 0.15) is 0 Å². The highest BCUT2D eigenvalue weighted by atomic mass is 16.2. The van der Waals surface area contributed by atoms with Crippen molar-refractivity contribution in [3.63, 3.8) is 0 Å². The van der Waals surface area contributed by atoms with Gasteiger partial charge in [-0.3, -0.25) is 4.79 Å². The Morgan fingerprint density at radius 1 is 1.55 bits per heavy atom. The fourth-order valence-corrected chi connectivity index (χ4v) is 1.99. The van der Waals surface area contributed by atoms with E-state index in [1.54, 1.807) is 0 Å². The molecule has 2 atom stereocenters. The third-order valence-corrected chi connectivity index (χ3v) is 2.55. The van der Waals surface area contributed by atoms with Crippen LogP contribution in [0.2, 0.25) is 0 Å². The standard InChI is InChI=1S/C7H13N3O/c8-2-7(11)10-5-1-6(10)4-9-3-5/h5-6,9H,1-4,8H2. The van der Waals surface area contributed by atoms with Gasteiger partial charge in [0.25, 0.3) is 0 Å². The molecular weight excluding hydrogens is 142 g/mol. The van der Waals surface area contributed by atoms with Crippen molar-refractivity contribution in [1.29, 1.82) is 0 Å². The zero-order valence-electron chi connectivity index (χ0n) is 6.42. The summed E-state index contributed by atoms with van der Waals surface area (Å²) < 4.78 is 0. The molecule has 4 heteroatoms. The number of nitrogens with one attached hydrogen (secondary N) is 1. The number of amides is 1. The smallest absolute Gasteiger partial charge is 0.236 e. The first-order valence-corrected chi connectivity index (χ1v) is 4.05. The lowest BCUT2D eigenvalue weighted by molar-refractivity contribution is -0.145. The Bertz CT molecular complexity index is 169. The van der Waals surface area contributed by atoms with Gasteiger partial charge < -0.3 is 16.0 Å². The van der Waals surface area contributed by atoms with E-state index in [4.69, 9.17) is 5.73 Å². The summed E-state index contributed by atoms with van der Waals surface area (Å²) in [5.74, 6) is 0.104. The summed E-state index contributed by atoms with van der Waals surface area (Å²) in [7, 11) is 0. The van der Waals surface area contributed by atoms with Crippen LogP contribution in [0.1, 0.15) is 6.42 Å². The highest BCUT2D eigenvalue weighted by Crippen LogP contribution is 2.27. The number of carbonyl (C=O) groups is 1. The zero-order valence-corrected chi connectivity index (χ0v) is 6.42. The Kier molecular flexibility index (Phi) is 1.58. The van der Waals surface area contributed by atoms with Gasteiger partial charge in [-0.15, -0.1) is 0 Å². The fraction of sp³-hybridized carbons (Fsp3) is 0.857. The Balaban J connectivity index is 2.00. The molecule has 4 nitrogen and oxygen atoms in total. The molecule has 3 fully saturated rings. The van der Waals surface area contributed by atoms with Gasteiger partial charge in [0.15, 0.2) is 0 Å². The van der Waals surface area contributed by atoms with Crippen LogP contribution in [0, 0.1) is 0 Å². The largest absolute Gasteiger partial charge is 0.333 e. The summed E-state index contributed by atoms with van der Waals surface area (Å²) in [5, 5.41) is 3.26. The van der Waals surface area contributed by atoms with Gasteiger partial charge in [-0.05, 0) is 6.42 Å². The van der Waals surface area contributed by atoms with Crippen molar-refractivity contribution in [1.82, 2.24) is 10.2 Å². The van der Waals surface area contributed by atoms with Crippen LogP contribution in [-0.2, 0) is 4.79 Å². The molecule has 3 aliphatic rings. The van der Waals surface area contributed by atoms with Gasteiger partial charge >= 0.3 is 0 Å². The molecule has 0 aromatic rings. The van der Waals surface area contributed by atoms with E-state index in [-0.39, 0.29) is 12.5 Å². The maximum Gasteiger partial charge on any atom is 0.236 e. The maximum atomic E-state index is 11.2. The molecule has 0 aliphatic carbocycles. The van der Waals surface area contributed by atoms with Crippen molar-refractivity contribution in [2.45, 2.75) is 18.5 Å². The average Bonchev–Trinajstić information content (AvgIpc) is 2.05. The molecule has 0 radical (unpaired) electrons. The molecule has 0 aromatic carbocycles. The van der Waals surface area contributed by atoms with E-state index in [1.165, 1.54) is 6.42 Å². The highest BCUT2D eigenvalue weighted by Gasteiger charge is 2.43. The molecule has 62 valence electrons. The number of hydrogen-bond acceptors (Lipinski definition) is 3. The number of rotatable bonds is 1. The minimum Gasteiger partial charge on any atom is -0.333 e. The second-order valence-electron chi connectivity index (χ2n) is 3.21. The van der Waals surface area contributed by atoms with Crippen LogP contribution < -0.4 is 11.1 Å². The van der Waals surface area contributed by atoms with Crippen LogP contribution in [0.5, 0.6) is 0 Å². The van der Waals surface area contributed by atoms with Crippen molar-refractivity contribution >= 4 is 5.91 Å². The second-order valence-corrected chi connectivity index (χ2v) is 3.21. The number of piperidine rings is 1. The molecule has 3 N–H and O–H groups in total. The summed E-state index contributed by atoms with van der Waals surface area (Å²) in [6.45, 7) is 2.05. The molecule has 1 amide bonds. The molecule has 11 heavy (non-hydrogen) atoms. The summed E-state index contributed by atoms with van der Waals surface area (Å²) in [6, 6.07) is 0.870. The van der Waals surface area contributed by atoms with Crippen LogP contribution in [0.3, 0.4) is 0 Å². The third kappa shape index (κ3) is 0.937. The van der Waals surface area contributed by atoms with E-state index in [9.17, 15) is 4.79 Å². The summed E-state index contributed by atoms with van der Waals surface area (Å²) in [4.78, 5) is 13.1. The first kappa shape index (κ1) is 7.06. The second kappa shape index (κ2) is 2.46. The molecule has 0 saturated carbocycles. The first-order valence-electron chi connectivity index (χ1n) is 4.05. The number of piperazine rings is 1. The van der Waals surface area contributed by atoms with Crippen LogP contribution in [-0.4, -0.2) is 42.5 Å². The monoisotopic (exact) mass is 155 g/mol. The van der Waals surface area contributed by atoms with Gasteiger partial charge in [0.2, 0.25) is 5.91 Å². The van der Waals surface area contributed by atoms with Crippen molar-refractivity contribution < 1.29 is 4.79 Å². The highest BCUT2D eigenvalue weighted by molar-refractivity contribution is 5.79. The summed E-state index contributed by atoms with van der Waals surface area (Å²) >= 11 is 0. The molecule has 3 rings (SSSR count). The van der Waals surface area contributed by atoms with Gasteiger partial charge in [0.05, 0.1) is 6.54 Å². The first-order chi connectivity index (χ1) is 5.33. The lowest BCUT2D eigenvalue weighted by Gasteiger charge is -2.53. The van der Waals surface area contributed by atoms with Gasteiger partial charge in [-0.2, -0.15) is 0 Å². The van der Waals surface area contributed by atoms with E-state index < -0.39 is 0 Å². The van der Waals surface area contributed by atoms with Crippen molar-refractivity contribution in [3.05, 3.63) is 0 Å². The number of nitrogens with two attached hydrogens (primary N) is 1. The van der Waals surface area contributed by atoms with Crippen LogP contribution >= 0.6 is 0 Å². The SMILES string of the molecule is NCC(=O)N1C2CNCC1C2. The third-order valence-electron chi connectivity index (χ3n) is 2.55. The topological polar surface area (TPSA) is 58.4 Å². The van der Waals surface area contributed by atoms with Crippen molar-refractivity contribution in [2.24, 2.45) is 5.73 Å². The molecule has 0 spiro atoms. The van der Waals surface area contributed by atoms with Crippen LogP contribution in [0.25, 0.3) is 0 Å². The van der Waals surface area contributed by atoms with E-state index >= 15 is 0 Å². The predicted molar refractivity (Wildman–Crippen MR) is 41.0 cm³/mol. The number of hydrogen-bond donors (Lipinski definition) is 2. The van der Waals surface area contributed by atoms with Gasteiger partial charge in [-0.1, -0.05) is 0 Å². The lowest BCUT2D eigenvalue weighted by Crippen LogP contribution is -2.70. The minimum atomic E-state index is 0.104. The normalized spacial score (nSPS) is 34.8. The Morgan fingerprint density at radius 3 is 2.64 bits per heavy atom.